The first-order chi connectivity index (χ1) is 21.3. The molecular weight excluding hydrogens is 518 g/mol. The number of hydrogen-bond acceptors (Lipinski definition) is 1. The third-order valence-corrected chi connectivity index (χ3v) is 8.46. The highest BCUT2D eigenvalue weighted by Crippen LogP contribution is 2.41. The molecule has 0 aliphatic carbocycles. The van der Waals surface area contributed by atoms with Crippen molar-refractivity contribution < 1.29 is 0 Å². The van der Waals surface area contributed by atoms with E-state index in [1.165, 1.54) is 54.6 Å². The third-order valence-electron chi connectivity index (χ3n) is 8.46. The fourth-order valence-electron chi connectivity index (χ4n) is 6.36. The third kappa shape index (κ3) is 4.52. The number of hydrogen-bond donors (Lipinski definition) is 0. The Bertz CT molecular complexity index is 2090. The summed E-state index contributed by atoms with van der Waals surface area (Å²) in [6.07, 6.45) is 0. The predicted molar refractivity (Wildman–Crippen MR) is 185 cm³/mol. The summed E-state index contributed by atoms with van der Waals surface area (Å²) in [5.41, 5.74) is 8.33. The molecule has 43 heavy (non-hydrogen) atoms. The molecule has 0 spiro atoms. The number of nitrogens with zero attached hydrogens (tertiary/aromatic N) is 1. The second kappa shape index (κ2) is 10.6. The molecule has 0 unspecified atom stereocenters. The minimum absolute atomic E-state index is 1.12. The summed E-state index contributed by atoms with van der Waals surface area (Å²) in [5.74, 6) is 0. The molecule has 0 aliphatic heterocycles. The summed E-state index contributed by atoms with van der Waals surface area (Å²) >= 11 is 0. The van der Waals surface area contributed by atoms with Crippen molar-refractivity contribution in [3.63, 3.8) is 0 Å². The second-order valence-electron chi connectivity index (χ2n) is 11.0. The van der Waals surface area contributed by atoms with Crippen LogP contribution in [0.1, 0.15) is 0 Å². The van der Waals surface area contributed by atoms with Gasteiger partial charge in [-0.2, -0.15) is 0 Å². The normalized spacial score (nSPS) is 11.3. The van der Waals surface area contributed by atoms with Crippen LogP contribution in [0.2, 0.25) is 0 Å². The zero-order chi connectivity index (χ0) is 28.6. The molecule has 0 radical (unpaired) electrons. The number of benzene rings is 8. The summed E-state index contributed by atoms with van der Waals surface area (Å²) in [6, 6.07) is 63.4. The van der Waals surface area contributed by atoms with Crippen molar-refractivity contribution in [1.82, 2.24) is 0 Å². The Morgan fingerprint density at radius 1 is 0.279 bits per heavy atom. The van der Waals surface area contributed by atoms with Gasteiger partial charge in [0.15, 0.2) is 0 Å². The number of anilines is 3. The van der Waals surface area contributed by atoms with E-state index in [-0.39, 0.29) is 0 Å². The van der Waals surface area contributed by atoms with E-state index >= 15 is 0 Å². The van der Waals surface area contributed by atoms with Gasteiger partial charge in [-0.15, -0.1) is 0 Å². The Kier molecular flexibility index (Phi) is 6.20. The van der Waals surface area contributed by atoms with Crippen LogP contribution >= 0.6 is 0 Å². The first-order valence-corrected chi connectivity index (χ1v) is 14.8. The van der Waals surface area contributed by atoms with Crippen LogP contribution in [0.5, 0.6) is 0 Å². The Labute approximate surface area is 251 Å². The van der Waals surface area contributed by atoms with Crippen LogP contribution in [0.15, 0.2) is 176 Å². The summed E-state index contributed by atoms with van der Waals surface area (Å²) in [5, 5.41) is 7.51. The molecule has 1 heteroatoms. The summed E-state index contributed by atoms with van der Waals surface area (Å²) in [4.78, 5) is 2.38. The van der Waals surface area contributed by atoms with E-state index in [2.05, 4.69) is 181 Å². The Morgan fingerprint density at radius 3 is 1.14 bits per heavy atom. The standard InChI is InChI=1S/C42H29N/c1-4-16-37-30(10-1)13-7-19-39(37)33-22-26-35(27-23-33)43(42-21-9-15-32-12-3-6-18-41(32)42)36-28-24-34(25-29-36)40-20-8-14-31-11-2-5-17-38(31)40/h1-29H. The van der Waals surface area contributed by atoms with Gasteiger partial charge in [0, 0.05) is 16.8 Å². The smallest absolute Gasteiger partial charge is 0.0540 e. The molecule has 8 aromatic carbocycles. The van der Waals surface area contributed by atoms with E-state index in [1.54, 1.807) is 0 Å². The molecular formula is C42H29N. The van der Waals surface area contributed by atoms with E-state index in [1.807, 2.05) is 0 Å². The molecule has 0 aromatic heterocycles. The summed E-state index contributed by atoms with van der Waals surface area (Å²) in [6.45, 7) is 0. The van der Waals surface area contributed by atoms with Crippen LogP contribution < -0.4 is 4.90 Å². The number of fused-ring (bicyclic) bond motifs is 3. The average Bonchev–Trinajstić information content (AvgIpc) is 3.09. The van der Waals surface area contributed by atoms with E-state index in [9.17, 15) is 0 Å². The average molecular weight is 548 g/mol. The highest BCUT2D eigenvalue weighted by molar-refractivity contribution is 6.01. The van der Waals surface area contributed by atoms with Gasteiger partial charge in [0.1, 0.15) is 0 Å². The first-order valence-electron chi connectivity index (χ1n) is 14.8. The second-order valence-corrected chi connectivity index (χ2v) is 11.0. The van der Waals surface area contributed by atoms with Gasteiger partial charge in [-0.25, -0.2) is 0 Å². The molecule has 202 valence electrons. The van der Waals surface area contributed by atoms with Crippen molar-refractivity contribution in [3.05, 3.63) is 176 Å². The monoisotopic (exact) mass is 547 g/mol. The fraction of sp³-hybridized carbons (Fsp3) is 0. The number of rotatable bonds is 5. The highest BCUT2D eigenvalue weighted by Gasteiger charge is 2.16. The van der Waals surface area contributed by atoms with E-state index in [0.29, 0.717) is 0 Å². The SMILES string of the molecule is c1ccc2c(-c3ccc(N(c4ccc(-c5cccc6ccccc56)cc4)c4cccc5ccccc45)cc3)cccc2c1. The maximum atomic E-state index is 2.38. The quantitative estimate of drug-likeness (QED) is 0.207. The fourth-order valence-corrected chi connectivity index (χ4v) is 6.36. The van der Waals surface area contributed by atoms with Gasteiger partial charge >= 0.3 is 0 Å². The first kappa shape index (κ1) is 25.1. The van der Waals surface area contributed by atoms with Crippen molar-refractivity contribution >= 4 is 49.4 Å². The molecule has 0 bridgehead atoms. The Morgan fingerprint density at radius 2 is 0.651 bits per heavy atom. The van der Waals surface area contributed by atoms with Gasteiger partial charge < -0.3 is 4.90 Å². The largest absolute Gasteiger partial charge is 0.310 e. The molecule has 0 fully saturated rings. The van der Waals surface area contributed by atoms with Crippen molar-refractivity contribution in [2.24, 2.45) is 0 Å². The molecule has 1 nitrogen and oxygen atoms in total. The minimum atomic E-state index is 1.12. The van der Waals surface area contributed by atoms with Crippen LogP contribution in [0, 0.1) is 0 Å². The van der Waals surface area contributed by atoms with Gasteiger partial charge in [0.2, 0.25) is 0 Å². The van der Waals surface area contributed by atoms with Gasteiger partial charge in [0.25, 0.3) is 0 Å². The molecule has 0 N–H and O–H groups in total. The Balaban J connectivity index is 1.25. The Hall–Kier alpha value is -5.66. The maximum Gasteiger partial charge on any atom is 0.0540 e. The lowest BCUT2D eigenvalue weighted by Gasteiger charge is -2.27. The molecule has 8 rings (SSSR count). The molecule has 8 aromatic rings. The van der Waals surface area contributed by atoms with Crippen LogP contribution in [0.4, 0.5) is 17.1 Å². The van der Waals surface area contributed by atoms with E-state index in [0.717, 1.165) is 17.1 Å². The topological polar surface area (TPSA) is 3.24 Å². The molecule has 0 aliphatic rings. The zero-order valence-electron chi connectivity index (χ0n) is 23.7. The molecule has 0 amide bonds. The molecule has 0 heterocycles. The van der Waals surface area contributed by atoms with Crippen molar-refractivity contribution in [2.45, 2.75) is 0 Å². The molecule has 0 saturated carbocycles. The van der Waals surface area contributed by atoms with Gasteiger partial charge in [-0.05, 0) is 79.5 Å². The molecule has 0 saturated heterocycles. The lowest BCUT2D eigenvalue weighted by Crippen LogP contribution is -2.10. The summed E-state index contributed by atoms with van der Waals surface area (Å²) < 4.78 is 0. The predicted octanol–water partition coefficient (Wildman–Crippen LogP) is 11.9. The minimum Gasteiger partial charge on any atom is -0.310 e. The van der Waals surface area contributed by atoms with Crippen molar-refractivity contribution in [1.29, 1.82) is 0 Å². The van der Waals surface area contributed by atoms with Crippen LogP contribution in [-0.2, 0) is 0 Å². The van der Waals surface area contributed by atoms with E-state index < -0.39 is 0 Å². The zero-order valence-corrected chi connectivity index (χ0v) is 23.7. The van der Waals surface area contributed by atoms with Gasteiger partial charge in [-0.3, -0.25) is 0 Å². The van der Waals surface area contributed by atoms with Crippen LogP contribution in [0.25, 0.3) is 54.6 Å². The van der Waals surface area contributed by atoms with Gasteiger partial charge in [-0.1, -0.05) is 146 Å². The highest BCUT2D eigenvalue weighted by atomic mass is 15.1. The van der Waals surface area contributed by atoms with E-state index in [4.69, 9.17) is 0 Å². The summed E-state index contributed by atoms with van der Waals surface area (Å²) in [7, 11) is 0. The lowest BCUT2D eigenvalue weighted by molar-refractivity contribution is 1.30. The van der Waals surface area contributed by atoms with Crippen molar-refractivity contribution in [3.8, 4) is 22.3 Å². The maximum absolute atomic E-state index is 2.38. The van der Waals surface area contributed by atoms with Gasteiger partial charge in [0.05, 0.1) is 5.69 Å². The molecule has 0 atom stereocenters. The van der Waals surface area contributed by atoms with Crippen LogP contribution in [0.3, 0.4) is 0 Å². The van der Waals surface area contributed by atoms with Crippen molar-refractivity contribution in [2.75, 3.05) is 4.90 Å². The van der Waals surface area contributed by atoms with Crippen LogP contribution in [-0.4, -0.2) is 0 Å². The lowest BCUT2D eigenvalue weighted by atomic mass is 9.97.